The highest BCUT2D eigenvalue weighted by atomic mass is 16.7. The first kappa shape index (κ1) is 40.1. The van der Waals surface area contributed by atoms with Crippen LogP contribution >= 0.6 is 0 Å². The summed E-state index contributed by atoms with van der Waals surface area (Å²) in [6.45, 7) is -2.08. The van der Waals surface area contributed by atoms with Crippen molar-refractivity contribution in [2.45, 2.75) is 98.2 Å². The Hall–Kier alpha value is -3.62. The molecule has 4 heterocycles. The molecule has 0 bridgehead atoms. The molecule has 2 aromatic rings. The minimum atomic E-state index is -1.92. The molecule has 0 amide bonds. The van der Waals surface area contributed by atoms with Gasteiger partial charge in [-0.2, -0.15) is 0 Å². The van der Waals surface area contributed by atoms with Crippen LogP contribution in [0.4, 0.5) is 0 Å². The topological polar surface area (TPSA) is 351 Å². The zero-order chi connectivity index (χ0) is 39.2. The number of aliphatic hydroxyl groups excluding tert-OH is 10. The van der Waals surface area contributed by atoms with Crippen molar-refractivity contribution in [3.05, 3.63) is 47.2 Å². The fraction of sp³-hybridized carbons (Fsp3) is 0.576. The minimum Gasteiger partial charge on any atom is -0.571 e. The van der Waals surface area contributed by atoms with E-state index in [4.69, 9.17) is 28.4 Å². The number of ether oxygens (including phenoxy) is 7. The maximum absolute atomic E-state index is 10.9. The second kappa shape index (κ2) is 16.2. The number of benzene rings is 2. The average molecular weight is 776 g/mol. The summed E-state index contributed by atoms with van der Waals surface area (Å²) >= 11 is 0. The normalized spacial score (nSPS) is 39.6. The monoisotopic (exact) mass is 775 g/mol. The van der Waals surface area contributed by atoms with Gasteiger partial charge in [0, 0.05) is 12.1 Å². The molecular formula is C33H43O21+. The van der Waals surface area contributed by atoms with Crippen molar-refractivity contribution in [1.29, 1.82) is 0 Å². The molecule has 15 N–H and O–H groups in total. The maximum Gasteiger partial charge on any atom is 0.270 e. The van der Waals surface area contributed by atoms with Crippen LogP contribution in [0.1, 0.15) is 17.2 Å². The third kappa shape index (κ3) is 7.88. The molecule has 300 valence electrons. The van der Waals surface area contributed by atoms with E-state index in [1.807, 2.05) is 0 Å². The molecule has 4 aliphatic rings. The van der Waals surface area contributed by atoms with E-state index in [0.717, 1.165) is 6.07 Å². The van der Waals surface area contributed by atoms with Gasteiger partial charge in [-0.05, 0) is 18.2 Å². The molecule has 21 nitrogen and oxygen atoms in total. The summed E-state index contributed by atoms with van der Waals surface area (Å²) in [5.41, 5.74) is 0.326. The molecule has 0 aliphatic carbocycles. The van der Waals surface area contributed by atoms with E-state index in [-0.39, 0.29) is 28.4 Å². The summed E-state index contributed by atoms with van der Waals surface area (Å²) in [5.74, 6) is -1.67. The number of hydrogen-bond acceptors (Lipinski definition) is 20. The predicted octanol–water partition coefficient (Wildman–Crippen LogP) is -4.69. The quantitative estimate of drug-likeness (QED) is 0.0796. The number of fused-ring (bicyclic) bond motifs is 1. The second-order valence-electron chi connectivity index (χ2n) is 13.2. The van der Waals surface area contributed by atoms with Crippen molar-refractivity contribution in [3.8, 4) is 28.7 Å². The van der Waals surface area contributed by atoms with Crippen LogP contribution in [0.3, 0.4) is 0 Å². The molecule has 3 fully saturated rings. The molecule has 21 heteroatoms. The van der Waals surface area contributed by atoms with Gasteiger partial charge < -0.3 is 105 Å². The molecule has 0 aromatic heterocycles. The van der Waals surface area contributed by atoms with Crippen LogP contribution in [0.5, 0.6) is 28.7 Å². The molecule has 2 aromatic carbocycles. The second-order valence-corrected chi connectivity index (χ2v) is 13.2. The van der Waals surface area contributed by atoms with Crippen molar-refractivity contribution in [3.63, 3.8) is 0 Å². The molecule has 0 spiro atoms. The largest absolute Gasteiger partial charge is 0.571 e. The zero-order valence-electron chi connectivity index (χ0n) is 28.0. The van der Waals surface area contributed by atoms with E-state index >= 15 is 0 Å². The van der Waals surface area contributed by atoms with E-state index in [0.29, 0.717) is 0 Å². The van der Waals surface area contributed by atoms with E-state index in [2.05, 4.69) is 4.74 Å². The van der Waals surface area contributed by atoms with Crippen LogP contribution in [0.15, 0.2) is 36.1 Å². The molecule has 6 rings (SSSR count). The Morgan fingerprint density at radius 3 is 1.63 bits per heavy atom. The van der Waals surface area contributed by atoms with Gasteiger partial charge in [0.1, 0.15) is 90.3 Å². The van der Waals surface area contributed by atoms with Gasteiger partial charge in [-0.15, -0.1) is 0 Å². The van der Waals surface area contributed by atoms with Gasteiger partial charge in [-0.3, -0.25) is 0 Å². The van der Waals surface area contributed by atoms with Crippen LogP contribution in [-0.2, 0) is 28.4 Å². The van der Waals surface area contributed by atoms with Crippen molar-refractivity contribution >= 4 is 6.08 Å². The van der Waals surface area contributed by atoms with Gasteiger partial charge in [0.05, 0.1) is 31.5 Å². The lowest BCUT2D eigenvalue weighted by Gasteiger charge is -2.44. The molecule has 16 atom stereocenters. The molecule has 4 aliphatic heterocycles. The first-order valence-corrected chi connectivity index (χ1v) is 16.7. The Balaban J connectivity index is 1.15. The summed E-state index contributed by atoms with van der Waals surface area (Å²) in [6, 6.07) is 6.03. The molecule has 16 unspecified atom stereocenters. The minimum absolute atomic E-state index is 0.0853. The average Bonchev–Trinajstić information content (AvgIpc) is 3.14. The maximum atomic E-state index is 10.9. The smallest absolute Gasteiger partial charge is 0.270 e. The number of hydrogen-bond donors (Lipinski definition) is 14. The van der Waals surface area contributed by atoms with E-state index in [9.17, 15) is 71.5 Å². The van der Waals surface area contributed by atoms with Crippen molar-refractivity contribution in [1.82, 2.24) is 0 Å². The fourth-order valence-corrected chi connectivity index (χ4v) is 6.40. The number of phenols is 4. The first-order valence-electron chi connectivity index (χ1n) is 16.7. The highest BCUT2D eigenvalue weighted by Gasteiger charge is 2.50. The van der Waals surface area contributed by atoms with E-state index in [1.165, 1.54) is 30.3 Å². The van der Waals surface area contributed by atoms with Crippen LogP contribution in [0.25, 0.3) is 6.08 Å². The van der Waals surface area contributed by atoms with Crippen molar-refractivity contribution in [2.75, 3.05) is 19.8 Å². The Morgan fingerprint density at radius 2 is 1.07 bits per heavy atom. The lowest BCUT2D eigenvalue weighted by Crippen LogP contribution is -2.62. The van der Waals surface area contributed by atoms with Gasteiger partial charge in [0.25, 0.3) is 11.9 Å². The van der Waals surface area contributed by atoms with Crippen LogP contribution in [0.2, 0.25) is 0 Å². The standard InChI is InChI=1S/C33H42O21/c34-7-18-21(39)24(42)27(45)31(52-18)48-8-19-22(40)25(43)28(46)32(53-19)49-9-20-23(41)26(44)29(47)33(54-20)51-17-6-12-14(37)4-11(35)5-16(12)50-30(17)10-1-2-13(36)15(38)3-10/h1-6,18-47H,7-9H2/p+1. The fourth-order valence-electron chi connectivity index (χ4n) is 6.40. The van der Waals surface area contributed by atoms with Crippen molar-refractivity contribution < 1.29 is 105 Å². The lowest BCUT2D eigenvalue weighted by molar-refractivity contribution is -0.341. The van der Waals surface area contributed by atoms with Crippen LogP contribution in [-0.4, -0.2) is 188 Å². The Kier molecular flexibility index (Phi) is 12.0. The van der Waals surface area contributed by atoms with Gasteiger partial charge in [0.15, 0.2) is 29.8 Å². The third-order valence-electron chi connectivity index (χ3n) is 9.55. The molecule has 54 heavy (non-hydrogen) atoms. The summed E-state index contributed by atoms with van der Waals surface area (Å²) in [7, 11) is 0. The van der Waals surface area contributed by atoms with Crippen LogP contribution in [0, 0.1) is 0 Å². The highest BCUT2D eigenvalue weighted by Crippen LogP contribution is 2.46. The Bertz CT molecular complexity index is 1640. The van der Waals surface area contributed by atoms with Gasteiger partial charge in [-0.25, -0.2) is 0 Å². The van der Waals surface area contributed by atoms with Gasteiger partial charge >= 0.3 is 0 Å². The summed E-state index contributed by atoms with van der Waals surface area (Å²) < 4.78 is 38.0. The van der Waals surface area contributed by atoms with Crippen molar-refractivity contribution in [2.24, 2.45) is 0 Å². The molecule has 3 saturated heterocycles. The number of aromatic hydroxyl groups is 5. The summed E-state index contributed by atoms with van der Waals surface area (Å²) in [5, 5.41) is 144. The third-order valence-corrected chi connectivity index (χ3v) is 9.55. The number of rotatable bonds is 10. The summed E-state index contributed by atoms with van der Waals surface area (Å²) in [6.07, 6.45) is -25.7. The van der Waals surface area contributed by atoms with Crippen LogP contribution < -0.4 is 0 Å². The lowest BCUT2D eigenvalue weighted by atomic mass is 9.97. The SMILES string of the molecule is OCC1OC(OCC2OC(OCC3OC(OC4=Cc5c(O)cc(O)cc5[OH+]C4c4ccc(O)c(O)c4)C(O)C(O)C3O)C(O)C(O)C2O)C(O)C(O)C1O. The number of phenolic OH excluding ortho intramolecular Hbond substituents is 4. The van der Waals surface area contributed by atoms with E-state index in [1.54, 1.807) is 0 Å². The highest BCUT2D eigenvalue weighted by molar-refractivity contribution is 5.69. The Labute approximate surface area is 304 Å². The molecule has 0 saturated carbocycles. The Morgan fingerprint density at radius 1 is 0.556 bits per heavy atom. The van der Waals surface area contributed by atoms with Gasteiger partial charge in [-0.1, -0.05) is 0 Å². The summed E-state index contributed by atoms with van der Waals surface area (Å²) in [4.78, 5) is 0. The molecular weight excluding hydrogens is 732 g/mol. The number of aliphatic hydroxyl groups is 11. The van der Waals surface area contributed by atoms with Gasteiger partial charge in [0.2, 0.25) is 6.29 Å². The zero-order valence-corrected chi connectivity index (χ0v) is 28.0. The first-order chi connectivity index (χ1) is 25.6. The molecule has 0 radical (unpaired) electrons. The predicted molar refractivity (Wildman–Crippen MR) is 172 cm³/mol. The van der Waals surface area contributed by atoms with E-state index < -0.39 is 135 Å².